The van der Waals surface area contributed by atoms with Crippen molar-refractivity contribution >= 4 is 18.5 Å². The molecule has 1 aliphatic heterocycles. The summed E-state index contributed by atoms with van der Waals surface area (Å²) in [6.45, 7) is 0.243. The largest absolute Gasteiger partial charge is 0.449 e. The molecule has 1 aliphatic rings. The molecule has 0 spiro atoms. The summed E-state index contributed by atoms with van der Waals surface area (Å²) in [6, 6.07) is 2.87. The third kappa shape index (κ3) is 2.61. The summed E-state index contributed by atoms with van der Waals surface area (Å²) in [5.41, 5.74) is 0.285. The van der Waals surface area contributed by atoms with Crippen molar-refractivity contribution in [1.82, 2.24) is 5.32 Å². The minimum absolute atomic E-state index is 0. The maximum absolute atomic E-state index is 13.3. The van der Waals surface area contributed by atoms with Crippen molar-refractivity contribution in [2.45, 2.75) is 12.5 Å². The van der Waals surface area contributed by atoms with Crippen LogP contribution in [0.15, 0.2) is 18.2 Å². The van der Waals surface area contributed by atoms with E-state index in [1.54, 1.807) is 0 Å². The molecule has 1 heterocycles. The number of amides is 1. The van der Waals surface area contributed by atoms with Gasteiger partial charge in [-0.25, -0.2) is 13.6 Å². The molecule has 16 heavy (non-hydrogen) atoms. The van der Waals surface area contributed by atoms with Crippen LogP contribution in [0.3, 0.4) is 0 Å². The molecular weight excluding hydrogens is 240 g/mol. The highest BCUT2D eigenvalue weighted by Crippen LogP contribution is 2.23. The van der Waals surface area contributed by atoms with Gasteiger partial charge in [0.05, 0.1) is 12.6 Å². The lowest BCUT2D eigenvalue weighted by Crippen LogP contribution is -2.35. The summed E-state index contributed by atoms with van der Waals surface area (Å²) in [6.07, 6.45) is -0.0936. The van der Waals surface area contributed by atoms with Gasteiger partial charge in [0.25, 0.3) is 0 Å². The van der Waals surface area contributed by atoms with Crippen LogP contribution >= 0.6 is 12.4 Å². The van der Waals surface area contributed by atoms with Gasteiger partial charge in [0, 0.05) is 18.1 Å². The zero-order valence-electron chi connectivity index (χ0n) is 8.20. The Labute approximate surface area is 97.2 Å². The topological polar surface area (TPSA) is 38.3 Å². The van der Waals surface area contributed by atoms with Crippen LogP contribution in [-0.2, 0) is 4.74 Å². The zero-order valence-corrected chi connectivity index (χ0v) is 9.02. The number of hydrogen-bond acceptors (Lipinski definition) is 2. The van der Waals surface area contributed by atoms with E-state index in [1.165, 1.54) is 12.1 Å². The molecule has 1 aromatic rings. The highest BCUT2D eigenvalue weighted by Gasteiger charge is 2.23. The van der Waals surface area contributed by atoms with Crippen molar-refractivity contribution in [2.75, 3.05) is 6.61 Å². The molecule has 1 atom stereocenters. The smallest absolute Gasteiger partial charge is 0.407 e. The zero-order chi connectivity index (χ0) is 10.8. The van der Waals surface area contributed by atoms with E-state index in [2.05, 4.69) is 10.1 Å². The van der Waals surface area contributed by atoms with E-state index in [0.29, 0.717) is 6.42 Å². The first-order valence-electron chi connectivity index (χ1n) is 4.55. The molecule has 88 valence electrons. The number of carbonyl (C=O) groups excluding carboxylic acids is 1. The van der Waals surface area contributed by atoms with E-state index < -0.39 is 23.8 Å². The number of halogens is 3. The highest BCUT2D eigenvalue weighted by molar-refractivity contribution is 5.85. The molecule has 0 aromatic heterocycles. The minimum Gasteiger partial charge on any atom is -0.449 e. The average molecular weight is 250 g/mol. The third-order valence-corrected chi connectivity index (χ3v) is 2.27. The number of nitrogens with one attached hydrogen (secondary N) is 1. The summed E-state index contributed by atoms with van der Waals surface area (Å²) in [7, 11) is 0. The quantitative estimate of drug-likeness (QED) is 0.831. The van der Waals surface area contributed by atoms with Gasteiger partial charge in [-0.3, -0.25) is 0 Å². The molecule has 1 aromatic carbocycles. The van der Waals surface area contributed by atoms with E-state index in [1.807, 2.05) is 0 Å². The first-order valence-corrected chi connectivity index (χ1v) is 4.55. The molecule has 2 rings (SSSR count). The van der Waals surface area contributed by atoms with Gasteiger partial charge in [0.1, 0.15) is 11.6 Å². The van der Waals surface area contributed by atoms with Crippen molar-refractivity contribution < 1.29 is 18.3 Å². The van der Waals surface area contributed by atoms with Crippen molar-refractivity contribution in [3.8, 4) is 0 Å². The van der Waals surface area contributed by atoms with Crippen molar-refractivity contribution in [1.29, 1.82) is 0 Å². The Balaban J connectivity index is 0.00000128. The molecule has 1 fully saturated rings. The Morgan fingerprint density at radius 2 is 2.12 bits per heavy atom. The second-order valence-electron chi connectivity index (χ2n) is 3.29. The predicted molar refractivity (Wildman–Crippen MR) is 55.4 cm³/mol. The van der Waals surface area contributed by atoms with Gasteiger partial charge in [-0.2, -0.15) is 0 Å². The van der Waals surface area contributed by atoms with E-state index in [4.69, 9.17) is 0 Å². The minimum atomic E-state index is -0.651. The Kier molecular flexibility index (Phi) is 4.06. The van der Waals surface area contributed by atoms with Gasteiger partial charge in [-0.05, 0) is 6.07 Å². The number of rotatable bonds is 1. The van der Waals surface area contributed by atoms with E-state index in [-0.39, 0.29) is 24.6 Å². The maximum atomic E-state index is 13.3. The molecule has 0 bridgehead atoms. The van der Waals surface area contributed by atoms with Gasteiger partial charge in [-0.15, -0.1) is 12.4 Å². The third-order valence-electron chi connectivity index (χ3n) is 2.27. The van der Waals surface area contributed by atoms with Crippen molar-refractivity contribution in [3.05, 3.63) is 35.4 Å². The van der Waals surface area contributed by atoms with Gasteiger partial charge in [0.2, 0.25) is 0 Å². The van der Waals surface area contributed by atoms with Gasteiger partial charge in [0.15, 0.2) is 0 Å². The Hall–Kier alpha value is -1.36. The van der Waals surface area contributed by atoms with Crippen LogP contribution in [0.4, 0.5) is 13.6 Å². The van der Waals surface area contributed by atoms with Crippen molar-refractivity contribution in [2.24, 2.45) is 0 Å². The summed E-state index contributed by atoms with van der Waals surface area (Å²) >= 11 is 0. The van der Waals surface area contributed by atoms with Gasteiger partial charge in [-0.1, -0.05) is 6.07 Å². The molecule has 0 saturated carbocycles. The molecule has 0 aliphatic carbocycles. The fraction of sp³-hybridized carbons (Fsp3) is 0.300. The van der Waals surface area contributed by atoms with Crippen LogP contribution in [0.2, 0.25) is 0 Å². The van der Waals surface area contributed by atoms with Crippen LogP contribution in [0.1, 0.15) is 18.0 Å². The first-order chi connectivity index (χ1) is 7.16. The molecule has 3 nitrogen and oxygen atoms in total. The molecule has 6 heteroatoms. The fourth-order valence-electron chi connectivity index (χ4n) is 1.54. The van der Waals surface area contributed by atoms with Gasteiger partial charge < -0.3 is 10.1 Å². The Morgan fingerprint density at radius 1 is 1.38 bits per heavy atom. The molecule has 0 radical (unpaired) electrons. The number of hydrogen-bond donors (Lipinski definition) is 1. The van der Waals surface area contributed by atoms with E-state index >= 15 is 0 Å². The summed E-state index contributed by atoms with van der Waals surface area (Å²) in [5.74, 6) is -1.28. The summed E-state index contributed by atoms with van der Waals surface area (Å²) < 4.78 is 30.6. The van der Waals surface area contributed by atoms with E-state index in [9.17, 15) is 13.6 Å². The summed E-state index contributed by atoms with van der Waals surface area (Å²) in [5, 5.41) is 2.47. The number of alkyl carbamates (subject to hydrolysis) is 1. The number of carbonyl (C=O) groups is 1. The Morgan fingerprint density at radius 3 is 2.75 bits per heavy atom. The van der Waals surface area contributed by atoms with Crippen LogP contribution in [0, 0.1) is 11.6 Å². The fourth-order valence-corrected chi connectivity index (χ4v) is 1.54. The maximum Gasteiger partial charge on any atom is 0.407 e. The standard InChI is InChI=1S/C10H9F2NO2.ClH/c11-6-1-2-7(8(12)5-6)9-3-4-15-10(14)13-9;/h1-2,5,9H,3-4H2,(H,13,14);1H/t9-;/m0./s1. The first kappa shape index (κ1) is 12.7. The van der Waals surface area contributed by atoms with E-state index in [0.717, 1.165) is 6.07 Å². The summed E-state index contributed by atoms with van der Waals surface area (Å²) in [4.78, 5) is 10.9. The predicted octanol–water partition coefficient (Wildman–Crippen LogP) is 2.56. The second kappa shape index (κ2) is 5.12. The molecule has 1 N–H and O–H groups in total. The lowest BCUT2D eigenvalue weighted by molar-refractivity contribution is 0.115. The van der Waals surface area contributed by atoms with Crippen LogP contribution < -0.4 is 5.32 Å². The van der Waals surface area contributed by atoms with Crippen molar-refractivity contribution in [3.63, 3.8) is 0 Å². The molecular formula is C10H10ClF2NO2. The molecule has 1 saturated heterocycles. The SMILES string of the molecule is Cl.O=C1N[C@H](c2ccc(F)cc2F)CCO1. The lowest BCUT2D eigenvalue weighted by Gasteiger charge is -2.23. The Bertz CT molecular complexity index is 400. The molecule has 1 amide bonds. The van der Waals surface area contributed by atoms with Crippen LogP contribution in [-0.4, -0.2) is 12.7 Å². The molecule has 0 unspecified atom stereocenters. The number of cyclic esters (lactones) is 1. The highest BCUT2D eigenvalue weighted by atomic mass is 35.5. The number of benzene rings is 1. The van der Waals surface area contributed by atoms with Crippen LogP contribution in [0.25, 0.3) is 0 Å². The lowest BCUT2D eigenvalue weighted by atomic mass is 10.0. The van der Waals surface area contributed by atoms with Gasteiger partial charge >= 0.3 is 6.09 Å². The van der Waals surface area contributed by atoms with Crippen LogP contribution in [0.5, 0.6) is 0 Å². The monoisotopic (exact) mass is 249 g/mol. The average Bonchev–Trinajstić information content (AvgIpc) is 2.17. The second-order valence-corrected chi connectivity index (χ2v) is 3.29. The number of ether oxygens (including phenoxy) is 1. The normalized spacial score (nSPS) is 19.4.